The average molecular weight is 1210 g/mol. The summed E-state index contributed by atoms with van der Waals surface area (Å²) in [6, 6.07) is 32.3. The summed E-state index contributed by atoms with van der Waals surface area (Å²) in [5.41, 5.74) is -0.133. The fourth-order valence-corrected chi connectivity index (χ4v) is 13.2. The van der Waals surface area contributed by atoms with E-state index < -0.39 is 115 Å². The van der Waals surface area contributed by atoms with Crippen molar-refractivity contribution in [3.63, 3.8) is 0 Å². The van der Waals surface area contributed by atoms with Gasteiger partial charge < -0.3 is 38.4 Å². The van der Waals surface area contributed by atoms with Crippen LogP contribution in [0.25, 0.3) is 0 Å². The van der Waals surface area contributed by atoms with Gasteiger partial charge in [0.2, 0.25) is 5.91 Å². The van der Waals surface area contributed by atoms with Crippen molar-refractivity contribution in [2.45, 2.75) is 141 Å². The van der Waals surface area contributed by atoms with Gasteiger partial charge in [0.15, 0.2) is 0 Å². The molecule has 2 unspecified atom stereocenters. The van der Waals surface area contributed by atoms with Gasteiger partial charge in [0.1, 0.15) is 55.6 Å². The van der Waals surface area contributed by atoms with Crippen LogP contribution in [0.2, 0.25) is 56.4 Å². The number of phosphoric acid groups is 1. The number of nitrogens with zero attached hydrogens (tertiary/aromatic N) is 4. The maximum atomic E-state index is 15.2. The first kappa shape index (κ1) is 62.9. The first-order valence-electron chi connectivity index (χ1n) is 27.7. The maximum absolute atomic E-state index is 15.2. The second kappa shape index (κ2) is 26.0. The first-order valence-corrected chi connectivity index (χ1v) is 37.0. The lowest BCUT2D eigenvalue weighted by molar-refractivity contribution is -0.156. The predicted octanol–water partition coefficient (Wildman–Crippen LogP) is 9.05. The number of ether oxygens (including phenoxy) is 5. The number of benzene rings is 4. The molecule has 444 valence electrons. The molecule has 0 aliphatic carbocycles. The smallest absolute Gasteiger partial charge is 0.403 e. The lowest BCUT2D eigenvalue weighted by atomic mass is 9.79. The number of hydrogen-bond acceptors (Lipinski definition) is 14. The highest BCUT2D eigenvalue weighted by atomic mass is 35.5. The monoisotopic (exact) mass is 1200 g/mol. The third-order valence-corrected chi connectivity index (χ3v) is 19.8. The number of carbonyl (C=O) groups is 2. The van der Waals surface area contributed by atoms with E-state index in [1.165, 1.54) is 27.8 Å². The molecule has 3 fully saturated rings. The van der Waals surface area contributed by atoms with E-state index in [4.69, 9.17) is 44.3 Å². The van der Waals surface area contributed by atoms with E-state index in [1.807, 2.05) is 92.7 Å². The van der Waals surface area contributed by atoms with Gasteiger partial charge in [-0.2, -0.15) is 0 Å². The quantitative estimate of drug-likeness (QED) is 0.0214. The zero-order chi connectivity index (χ0) is 59.4. The van der Waals surface area contributed by atoms with Crippen LogP contribution in [0, 0.1) is 19.3 Å². The summed E-state index contributed by atoms with van der Waals surface area (Å²) in [5, 5.41) is 20.8. The van der Waals surface area contributed by atoms with E-state index in [0.717, 1.165) is 49.4 Å². The second-order valence-corrected chi connectivity index (χ2v) is 37.3. The van der Waals surface area contributed by atoms with Crippen LogP contribution in [0.4, 0.5) is 4.79 Å². The van der Waals surface area contributed by atoms with E-state index in [1.54, 1.807) is 19.1 Å². The summed E-state index contributed by atoms with van der Waals surface area (Å²) in [5.74, 6) is -0.787. The van der Waals surface area contributed by atoms with Crippen molar-refractivity contribution in [3.05, 3.63) is 169 Å². The molecule has 3 aliphatic heterocycles. The number of para-hydroxylation sites is 1. The molecule has 8 atom stereocenters. The highest BCUT2D eigenvalue weighted by Gasteiger charge is 2.54. The third kappa shape index (κ3) is 14.9. The lowest BCUT2D eigenvalue weighted by Crippen LogP contribution is -2.64. The minimum Gasteiger partial charge on any atom is -0.403 e. The number of amides is 3. The number of phosphoric ester groups is 1. The number of aryl methyl sites for hydroxylation is 2. The minimum absolute atomic E-state index is 0.00841. The highest BCUT2D eigenvalue weighted by molar-refractivity contribution is 7.47. The number of aliphatic hydroxyl groups is 2. The Kier molecular flexibility index (Phi) is 20.0. The molecule has 4 aromatic carbocycles. The van der Waals surface area contributed by atoms with Crippen LogP contribution < -0.4 is 15.8 Å². The second-order valence-electron chi connectivity index (χ2n) is 24.4. The fraction of sp³-hybridized carbons (Fsp3) is 0.492. The zero-order valence-electron chi connectivity index (χ0n) is 48.2. The summed E-state index contributed by atoms with van der Waals surface area (Å²) >= 11 is 6.41. The third-order valence-electron chi connectivity index (χ3n) is 15.1. The molecule has 4 heterocycles. The Morgan fingerprint density at radius 2 is 1.32 bits per heavy atom. The van der Waals surface area contributed by atoms with Gasteiger partial charge in [-0.05, 0) is 68.1 Å². The summed E-state index contributed by atoms with van der Waals surface area (Å²) in [6.45, 7) is 17.1. The summed E-state index contributed by atoms with van der Waals surface area (Å²) < 4.78 is 60.2. The topological polar surface area (TPSA) is 227 Å². The van der Waals surface area contributed by atoms with Crippen LogP contribution in [-0.4, -0.2) is 132 Å². The molecule has 82 heavy (non-hydrogen) atoms. The fourth-order valence-electron chi connectivity index (χ4n) is 10.4. The highest BCUT2D eigenvalue weighted by Crippen LogP contribution is 2.50. The number of aromatic nitrogens is 2. The molecule has 0 radical (unpaired) electrons. The SMILES string of the molecule is Cc1ccc(C(OC[C@H]2O[C@@H](N3CC(C)(Cc4cn([C@H]5C[C@H](O)[C@@H](CO)O5)c(=O)n(COCC[Si](C)(C)C)c4=O)C(=O)N(COCC[Si](C)(C)C)C3=O)C[C@@H]2OP(=O)(O)Oc2ccccc2Cl)(c2ccccc2)c2ccc(C)cc2)cc1. The van der Waals surface area contributed by atoms with E-state index >= 15 is 9.59 Å². The molecule has 8 rings (SSSR count). The van der Waals surface area contributed by atoms with Crippen molar-refractivity contribution < 1.29 is 62.0 Å². The molecular formula is C59H78ClN4O15PSi2. The number of carbonyl (C=O) groups excluding carboxylic acids is 2. The van der Waals surface area contributed by atoms with Gasteiger partial charge in [-0.25, -0.2) is 23.6 Å². The summed E-state index contributed by atoms with van der Waals surface area (Å²) in [7, 11) is -8.31. The largest absolute Gasteiger partial charge is 0.527 e. The lowest BCUT2D eigenvalue weighted by Gasteiger charge is -2.45. The maximum Gasteiger partial charge on any atom is 0.527 e. The Morgan fingerprint density at radius 1 is 0.756 bits per heavy atom. The Labute approximate surface area is 486 Å². The molecule has 3 aliphatic rings. The van der Waals surface area contributed by atoms with Crippen LogP contribution in [0.3, 0.4) is 0 Å². The van der Waals surface area contributed by atoms with Crippen LogP contribution in [0.15, 0.2) is 119 Å². The van der Waals surface area contributed by atoms with Gasteiger partial charge in [0.05, 0.1) is 29.8 Å². The Hall–Kier alpha value is -5.11. The van der Waals surface area contributed by atoms with Crippen molar-refractivity contribution >= 4 is 47.5 Å². The number of imide groups is 1. The Morgan fingerprint density at radius 3 is 1.89 bits per heavy atom. The van der Waals surface area contributed by atoms with Crippen molar-refractivity contribution in [2.24, 2.45) is 5.41 Å². The number of aliphatic hydroxyl groups excluding tert-OH is 2. The molecule has 3 saturated heterocycles. The van der Waals surface area contributed by atoms with E-state index in [0.29, 0.717) is 0 Å². The van der Waals surface area contributed by atoms with Crippen LogP contribution in [-0.2, 0) is 56.3 Å². The molecular weight excluding hydrogens is 1130 g/mol. The minimum atomic E-state index is -5.06. The average Bonchev–Trinajstić information content (AvgIpc) is 3.74. The Bertz CT molecular complexity index is 3150. The van der Waals surface area contributed by atoms with Crippen molar-refractivity contribution in [3.8, 4) is 5.75 Å². The van der Waals surface area contributed by atoms with Crippen LogP contribution >= 0.6 is 19.4 Å². The normalized spacial score (nSPS) is 23.4. The predicted molar refractivity (Wildman–Crippen MR) is 315 cm³/mol. The van der Waals surface area contributed by atoms with Crippen LogP contribution in [0.1, 0.15) is 59.4 Å². The number of rotatable bonds is 25. The van der Waals surface area contributed by atoms with Gasteiger partial charge in [-0.3, -0.25) is 28.5 Å². The van der Waals surface area contributed by atoms with Crippen LogP contribution in [0.5, 0.6) is 5.75 Å². The molecule has 5 aromatic rings. The van der Waals surface area contributed by atoms with Gasteiger partial charge in [-0.15, -0.1) is 0 Å². The molecule has 19 nitrogen and oxygen atoms in total. The van der Waals surface area contributed by atoms with Gasteiger partial charge in [-0.1, -0.05) is 153 Å². The zero-order valence-corrected chi connectivity index (χ0v) is 51.8. The number of hydrogen-bond donors (Lipinski definition) is 3. The van der Waals surface area contributed by atoms with Gasteiger partial charge in [0.25, 0.3) is 5.56 Å². The molecule has 0 saturated carbocycles. The van der Waals surface area contributed by atoms with Gasteiger partial charge in [0, 0.05) is 60.5 Å². The standard InChI is InChI=1S/C59H78ClN4O15PSi2/c1-40-19-23-44(24-20-40)59(43-15-11-10-12-16-43,45-25-21-41(2)22-26-45)75-36-51-49(79-80(71,72)78-48-18-14-13-17-46(48)60)32-53(77-51)62-37-58(3,55(68)64(57(62)70)39-74-28-30-82(7,8)9)33-42-34-61(52-31-47(66)50(35-65)76-52)56(69)63(54(42)67)38-73-27-29-81(4,5)6/h10-26,34,47,49-53,65-66H,27-33,35-39H2,1-9H3,(H,71,72)/t47-,49-,50+,51+,52+,53+,58?/m0/s1. The van der Waals surface area contributed by atoms with E-state index in [9.17, 15) is 29.3 Å². The van der Waals surface area contributed by atoms with Crippen molar-refractivity contribution in [1.29, 1.82) is 0 Å². The van der Waals surface area contributed by atoms with E-state index in [2.05, 4.69) is 39.3 Å². The molecule has 1 aromatic heterocycles. The van der Waals surface area contributed by atoms with Crippen molar-refractivity contribution in [1.82, 2.24) is 18.9 Å². The first-order chi connectivity index (χ1) is 38.7. The van der Waals surface area contributed by atoms with Crippen molar-refractivity contribution in [2.75, 3.05) is 39.7 Å². The summed E-state index contributed by atoms with van der Waals surface area (Å²) in [4.78, 5) is 73.1. The van der Waals surface area contributed by atoms with E-state index in [-0.39, 0.29) is 62.0 Å². The van der Waals surface area contributed by atoms with Gasteiger partial charge >= 0.3 is 19.5 Å². The molecule has 3 amide bonds. The molecule has 0 bridgehead atoms. The summed E-state index contributed by atoms with van der Waals surface area (Å²) in [6.07, 6.45) is -6.35. The number of urea groups is 1. The number of halogens is 1. The Balaban J connectivity index is 1.19. The molecule has 3 N–H and O–H groups in total. The molecule has 0 spiro atoms. The molecule has 23 heteroatoms.